The summed E-state index contributed by atoms with van der Waals surface area (Å²) in [6.07, 6.45) is 1.62. The molecule has 120 valence electrons. The van der Waals surface area contributed by atoms with Crippen molar-refractivity contribution in [2.75, 3.05) is 12.4 Å². The standard InChI is InChI=1S/C18H20N2O2S/c1-3-22-16-8-6-15(7-9-16)12-19-20-18(21)13-23-17-10-4-14(2)5-11-17/h4-12H,3,13H2,1-2H3,(H,20,21)/b19-12+. The second-order valence-electron chi connectivity index (χ2n) is 4.90. The van der Waals surface area contributed by atoms with E-state index in [4.69, 9.17) is 4.74 Å². The van der Waals surface area contributed by atoms with Crippen LogP contribution in [0.5, 0.6) is 5.75 Å². The number of amides is 1. The van der Waals surface area contributed by atoms with Gasteiger partial charge in [-0.15, -0.1) is 11.8 Å². The van der Waals surface area contributed by atoms with Gasteiger partial charge >= 0.3 is 0 Å². The number of nitrogens with one attached hydrogen (secondary N) is 1. The van der Waals surface area contributed by atoms with E-state index in [1.807, 2.05) is 62.4 Å². The van der Waals surface area contributed by atoms with Gasteiger partial charge in [-0.05, 0) is 55.8 Å². The number of carbonyl (C=O) groups excluding carboxylic acids is 1. The summed E-state index contributed by atoms with van der Waals surface area (Å²) < 4.78 is 5.37. The second-order valence-corrected chi connectivity index (χ2v) is 5.95. The third kappa shape index (κ3) is 6.16. The van der Waals surface area contributed by atoms with Crippen molar-refractivity contribution in [1.29, 1.82) is 0 Å². The van der Waals surface area contributed by atoms with E-state index < -0.39 is 0 Å². The Morgan fingerprint density at radius 3 is 2.52 bits per heavy atom. The number of rotatable bonds is 7. The molecule has 0 aliphatic rings. The zero-order valence-corrected chi connectivity index (χ0v) is 14.1. The minimum absolute atomic E-state index is 0.127. The summed E-state index contributed by atoms with van der Waals surface area (Å²) in [6.45, 7) is 4.62. The van der Waals surface area contributed by atoms with Crippen LogP contribution in [0.2, 0.25) is 0 Å². The van der Waals surface area contributed by atoms with Crippen molar-refractivity contribution in [3.05, 3.63) is 59.7 Å². The van der Waals surface area contributed by atoms with E-state index in [9.17, 15) is 4.79 Å². The first kappa shape index (κ1) is 17.1. The molecule has 2 rings (SSSR count). The van der Waals surface area contributed by atoms with Crippen LogP contribution in [0.25, 0.3) is 0 Å². The van der Waals surface area contributed by atoms with Gasteiger partial charge in [0.25, 0.3) is 0 Å². The fraction of sp³-hybridized carbons (Fsp3) is 0.222. The highest BCUT2D eigenvalue weighted by atomic mass is 32.2. The van der Waals surface area contributed by atoms with Gasteiger partial charge in [0.05, 0.1) is 18.6 Å². The van der Waals surface area contributed by atoms with Crippen LogP contribution in [0.1, 0.15) is 18.1 Å². The highest BCUT2D eigenvalue weighted by Gasteiger charge is 2.01. The third-order valence-corrected chi connectivity index (χ3v) is 4.00. The molecule has 4 nitrogen and oxygen atoms in total. The number of benzene rings is 2. The molecule has 2 aromatic rings. The van der Waals surface area contributed by atoms with Crippen LogP contribution in [-0.2, 0) is 4.79 Å². The molecule has 0 bridgehead atoms. The zero-order chi connectivity index (χ0) is 16.5. The van der Waals surface area contributed by atoms with Gasteiger partial charge < -0.3 is 4.74 Å². The Bertz CT molecular complexity index is 652. The van der Waals surface area contributed by atoms with E-state index >= 15 is 0 Å². The number of hydrogen-bond donors (Lipinski definition) is 1. The van der Waals surface area contributed by atoms with Gasteiger partial charge in [0.1, 0.15) is 5.75 Å². The van der Waals surface area contributed by atoms with Crippen LogP contribution in [-0.4, -0.2) is 24.5 Å². The molecule has 1 N–H and O–H groups in total. The number of nitrogens with zero attached hydrogens (tertiary/aromatic N) is 1. The summed E-state index contributed by atoms with van der Waals surface area (Å²) in [7, 11) is 0. The van der Waals surface area contributed by atoms with Gasteiger partial charge in [0, 0.05) is 4.90 Å². The first-order chi connectivity index (χ1) is 11.2. The van der Waals surface area contributed by atoms with E-state index in [-0.39, 0.29) is 5.91 Å². The maximum absolute atomic E-state index is 11.7. The summed E-state index contributed by atoms with van der Waals surface area (Å²) in [5.41, 5.74) is 4.64. The number of carbonyl (C=O) groups is 1. The van der Waals surface area contributed by atoms with Crippen molar-refractivity contribution < 1.29 is 9.53 Å². The summed E-state index contributed by atoms with van der Waals surface area (Å²) in [4.78, 5) is 12.8. The molecule has 5 heteroatoms. The SMILES string of the molecule is CCOc1ccc(/C=N/NC(=O)CSc2ccc(C)cc2)cc1. The monoisotopic (exact) mass is 328 g/mol. The van der Waals surface area contributed by atoms with Gasteiger partial charge in [-0.3, -0.25) is 4.79 Å². The van der Waals surface area contributed by atoms with Gasteiger partial charge in [-0.25, -0.2) is 5.43 Å². The van der Waals surface area contributed by atoms with Crippen LogP contribution >= 0.6 is 11.8 Å². The van der Waals surface area contributed by atoms with Crippen molar-refractivity contribution in [2.45, 2.75) is 18.7 Å². The minimum Gasteiger partial charge on any atom is -0.494 e. The summed E-state index contributed by atoms with van der Waals surface area (Å²) in [5, 5.41) is 3.96. The largest absolute Gasteiger partial charge is 0.494 e. The lowest BCUT2D eigenvalue weighted by atomic mass is 10.2. The number of hydrazone groups is 1. The molecule has 0 fully saturated rings. The summed E-state index contributed by atoms with van der Waals surface area (Å²) >= 11 is 1.49. The average Bonchev–Trinajstić information content (AvgIpc) is 2.56. The molecule has 0 atom stereocenters. The lowest BCUT2D eigenvalue weighted by Gasteiger charge is -2.03. The summed E-state index contributed by atoms with van der Waals surface area (Å²) in [6, 6.07) is 15.6. The van der Waals surface area contributed by atoms with E-state index in [1.54, 1.807) is 6.21 Å². The number of aryl methyl sites for hydroxylation is 1. The quantitative estimate of drug-likeness (QED) is 0.480. The highest BCUT2D eigenvalue weighted by molar-refractivity contribution is 8.00. The van der Waals surface area contributed by atoms with Crippen molar-refractivity contribution in [2.24, 2.45) is 5.10 Å². The Balaban J connectivity index is 1.75. The van der Waals surface area contributed by atoms with Crippen molar-refractivity contribution in [3.63, 3.8) is 0 Å². The van der Waals surface area contributed by atoms with Crippen LogP contribution < -0.4 is 10.2 Å². The van der Waals surface area contributed by atoms with Crippen molar-refractivity contribution in [1.82, 2.24) is 5.43 Å². The second kappa shape index (κ2) is 9.00. The molecule has 0 saturated carbocycles. The van der Waals surface area contributed by atoms with Crippen LogP contribution in [0, 0.1) is 6.92 Å². The molecular formula is C18H20N2O2S. The van der Waals surface area contributed by atoms with Crippen molar-refractivity contribution >= 4 is 23.9 Å². The smallest absolute Gasteiger partial charge is 0.250 e. The predicted octanol–water partition coefficient (Wildman–Crippen LogP) is 3.64. The highest BCUT2D eigenvalue weighted by Crippen LogP contribution is 2.17. The number of hydrogen-bond acceptors (Lipinski definition) is 4. The zero-order valence-electron chi connectivity index (χ0n) is 13.3. The molecule has 0 radical (unpaired) electrons. The first-order valence-corrected chi connectivity index (χ1v) is 8.40. The average molecular weight is 328 g/mol. The Morgan fingerprint density at radius 1 is 1.17 bits per heavy atom. The van der Waals surface area contributed by atoms with Gasteiger partial charge in [-0.1, -0.05) is 17.7 Å². The fourth-order valence-electron chi connectivity index (χ4n) is 1.81. The summed E-state index contributed by atoms with van der Waals surface area (Å²) in [5.74, 6) is 1.03. The Labute approximate surface area is 140 Å². The third-order valence-electron chi connectivity index (χ3n) is 2.98. The number of thioether (sulfide) groups is 1. The van der Waals surface area contributed by atoms with Gasteiger partial charge in [-0.2, -0.15) is 5.10 Å². The van der Waals surface area contributed by atoms with E-state index in [0.29, 0.717) is 12.4 Å². The van der Waals surface area contributed by atoms with Gasteiger partial charge in [0.2, 0.25) is 5.91 Å². The van der Waals surface area contributed by atoms with Crippen LogP contribution in [0.4, 0.5) is 0 Å². The molecule has 23 heavy (non-hydrogen) atoms. The normalized spacial score (nSPS) is 10.7. The fourth-order valence-corrected chi connectivity index (χ4v) is 2.50. The Morgan fingerprint density at radius 2 is 1.87 bits per heavy atom. The Hall–Kier alpha value is -2.27. The topological polar surface area (TPSA) is 50.7 Å². The molecular weight excluding hydrogens is 308 g/mol. The molecule has 0 aromatic heterocycles. The van der Waals surface area contributed by atoms with Crippen LogP contribution in [0.3, 0.4) is 0 Å². The maximum Gasteiger partial charge on any atom is 0.250 e. The first-order valence-electron chi connectivity index (χ1n) is 7.41. The maximum atomic E-state index is 11.7. The minimum atomic E-state index is -0.127. The molecule has 0 aliphatic carbocycles. The lowest BCUT2D eigenvalue weighted by Crippen LogP contribution is -2.19. The number of ether oxygens (including phenoxy) is 1. The lowest BCUT2D eigenvalue weighted by molar-refractivity contribution is -0.118. The molecule has 0 aliphatic heterocycles. The van der Waals surface area contributed by atoms with E-state index in [1.165, 1.54) is 17.3 Å². The van der Waals surface area contributed by atoms with Crippen molar-refractivity contribution in [3.8, 4) is 5.75 Å². The molecule has 1 amide bonds. The molecule has 0 saturated heterocycles. The van der Waals surface area contributed by atoms with Gasteiger partial charge in [0.15, 0.2) is 0 Å². The molecule has 2 aromatic carbocycles. The molecule has 0 unspecified atom stereocenters. The van der Waals surface area contributed by atoms with E-state index in [0.717, 1.165) is 16.2 Å². The Kier molecular flexibility index (Phi) is 6.69. The van der Waals surface area contributed by atoms with Crippen LogP contribution in [0.15, 0.2) is 58.5 Å². The molecule has 0 spiro atoms. The van der Waals surface area contributed by atoms with E-state index in [2.05, 4.69) is 10.5 Å². The molecule has 0 heterocycles. The predicted molar refractivity (Wildman–Crippen MR) is 95.3 cm³/mol.